The number of rotatable bonds is 9. The normalized spacial score (nSPS) is 12.3. The molecule has 0 spiro atoms. The summed E-state index contributed by atoms with van der Waals surface area (Å²) in [7, 11) is 0. The molecule has 1 atom stereocenters. The van der Waals surface area contributed by atoms with E-state index in [1.165, 1.54) is 18.3 Å². The Balaban J connectivity index is 2.17. The molecule has 0 fully saturated rings. The van der Waals surface area contributed by atoms with Crippen molar-refractivity contribution in [3.05, 3.63) is 41.2 Å². The van der Waals surface area contributed by atoms with E-state index in [0.29, 0.717) is 11.3 Å². The van der Waals surface area contributed by atoms with Crippen LogP contribution in [0.5, 0.6) is 11.6 Å². The van der Waals surface area contributed by atoms with Gasteiger partial charge in [-0.05, 0) is 44.5 Å². The van der Waals surface area contributed by atoms with Gasteiger partial charge < -0.3 is 20.1 Å². The zero-order valence-corrected chi connectivity index (χ0v) is 19.0. The van der Waals surface area contributed by atoms with Gasteiger partial charge in [-0.3, -0.25) is 9.59 Å². The third kappa shape index (κ3) is 7.92. The van der Waals surface area contributed by atoms with Crippen LogP contribution in [0.15, 0.2) is 24.4 Å². The highest BCUT2D eigenvalue weighted by Crippen LogP contribution is 2.29. The molecule has 11 heteroatoms. The lowest BCUT2D eigenvalue weighted by Crippen LogP contribution is -2.27. The first kappa shape index (κ1) is 25.9. The monoisotopic (exact) mass is 468 g/mol. The molecule has 0 aromatic carbocycles. The molecule has 0 aliphatic heterocycles. The maximum atomic E-state index is 12.8. The van der Waals surface area contributed by atoms with Gasteiger partial charge in [-0.15, -0.1) is 0 Å². The van der Waals surface area contributed by atoms with E-state index >= 15 is 0 Å². The van der Waals surface area contributed by atoms with Crippen LogP contribution in [0.4, 0.5) is 19.0 Å². The molecule has 0 saturated carbocycles. The van der Waals surface area contributed by atoms with E-state index in [0.717, 1.165) is 0 Å². The van der Waals surface area contributed by atoms with Gasteiger partial charge in [0.15, 0.2) is 12.4 Å². The summed E-state index contributed by atoms with van der Waals surface area (Å²) in [5, 5.41) is 5.45. The van der Waals surface area contributed by atoms with Crippen LogP contribution in [0.25, 0.3) is 0 Å². The summed E-state index contributed by atoms with van der Waals surface area (Å²) >= 11 is 0. The van der Waals surface area contributed by atoms with Gasteiger partial charge in [0.05, 0.1) is 12.6 Å². The number of halogens is 3. The van der Waals surface area contributed by atoms with Gasteiger partial charge in [0.1, 0.15) is 5.82 Å². The van der Waals surface area contributed by atoms with Crippen LogP contribution in [0.2, 0.25) is 0 Å². The molecule has 33 heavy (non-hydrogen) atoms. The summed E-state index contributed by atoms with van der Waals surface area (Å²) < 4.78 is 47.5. The van der Waals surface area contributed by atoms with Crippen molar-refractivity contribution in [3.8, 4) is 11.6 Å². The highest BCUT2D eigenvalue weighted by Gasteiger charge is 2.29. The van der Waals surface area contributed by atoms with Crippen LogP contribution in [0.1, 0.15) is 55.4 Å². The van der Waals surface area contributed by atoms with Crippen LogP contribution < -0.4 is 20.1 Å². The van der Waals surface area contributed by atoms with E-state index in [-0.39, 0.29) is 41.4 Å². The fourth-order valence-corrected chi connectivity index (χ4v) is 2.70. The predicted molar refractivity (Wildman–Crippen MR) is 115 cm³/mol. The summed E-state index contributed by atoms with van der Waals surface area (Å²) in [5.74, 6) is -0.887. The lowest BCUT2D eigenvalue weighted by atomic mass is 10.1. The summed E-state index contributed by atoms with van der Waals surface area (Å²) in [6.07, 6.45) is -3.20. The number of pyridine rings is 2. The number of aromatic nitrogens is 2. The molecule has 0 bridgehead atoms. The molecule has 2 amide bonds. The summed E-state index contributed by atoms with van der Waals surface area (Å²) in [6, 6.07) is 3.96. The number of hydrogen-bond donors (Lipinski definition) is 2. The van der Waals surface area contributed by atoms with Crippen molar-refractivity contribution >= 4 is 17.6 Å². The van der Waals surface area contributed by atoms with Gasteiger partial charge >= 0.3 is 6.18 Å². The quantitative estimate of drug-likeness (QED) is 0.572. The van der Waals surface area contributed by atoms with Gasteiger partial charge in [-0.25, -0.2) is 9.97 Å². The molecule has 2 N–H and O–H groups in total. The zero-order valence-electron chi connectivity index (χ0n) is 19.0. The smallest absolute Gasteiger partial charge is 0.422 e. The Bertz CT molecular complexity index is 996. The second-order valence-electron chi connectivity index (χ2n) is 7.63. The van der Waals surface area contributed by atoms with Crippen LogP contribution in [-0.4, -0.2) is 41.2 Å². The molecular weight excluding hydrogens is 441 g/mol. The predicted octanol–water partition coefficient (Wildman–Crippen LogP) is 4.21. The van der Waals surface area contributed by atoms with Crippen LogP contribution >= 0.6 is 0 Å². The number of ether oxygens (including phenoxy) is 2. The minimum absolute atomic E-state index is 0.0405. The molecule has 180 valence electrons. The van der Waals surface area contributed by atoms with Crippen molar-refractivity contribution in [2.24, 2.45) is 5.92 Å². The van der Waals surface area contributed by atoms with Gasteiger partial charge in [-0.1, -0.05) is 13.8 Å². The lowest BCUT2D eigenvalue weighted by Gasteiger charge is -2.18. The molecule has 2 aromatic heterocycles. The Morgan fingerprint density at radius 1 is 1.12 bits per heavy atom. The van der Waals surface area contributed by atoms with Crippen LogP contribution in [0.3, 0.4) is 0 Å². The number of carbonyl (C=O) groups excluding carboxylic acids is 2. The second-order valence-corrected chi connectivity index (χ2v) is 7.63. The number of anilines is 1. The largest absolute Gasteiger partial charge is 0.488 e. The first-order chi connectivity index (χ1) is 15.4. The standard InChI is InChI=1S/C22H27F3N4O4/c1-6-32-17-8-16(10-26-21(17)33-11-22(23,24)25)14(5)28-20(31)15-7-13(4)27-18(9-15)29-19(30)12(2)3/h7-10,12,14H,6,11H2,1-5H3,(H,28,31)(H,27,29,30). The van der Waals surface area contributed by atoms with E-state index in [1.807, 2.05) is 0 Å². The van der Waals surface area contributed by atoms with E-state index < -0.39 is 24.7 Å². The van der Waals surface area contributed by atoms with Gasteiger partial charge in [0.2, 0.25) is 5.91 Å². The average Bonchev–Trinajstić information content (AvgIpc) is 2.71. The third-order valence-electron chi connectivity index (χ3n) is 4.35. The average molecular weight is 468 g/mol. The van der Waals surface area contributed by atoms with E-state index in [1.54, 1.807) is 40.7 Å². The minimum Gasteiger partial charge on any atom is -0.488 e. The molecule has 0 saturated heterocycles. The summed E-state index contributed by atoms with van der Waals surface area (Å²) in [4.78, 5) is 32.9. The third-order valence-corrected chi connectivity index (χ3v) is 4.35. The maximum absolute atomic E-state index is 12.8. The SMILES string of the molecule is CCOc1cc(C(C)NC(=O)c2cc(C)nc(NC(=O)C(C)C)c2)cnc1OCC(F)(F)F. The number of amides is 2. The van der Waals surface area contributed by atoms with Crippen LogP contribution in [0, 0.1) is 12.8 Å². The minimum atomic E-state index is -4.51. The van der Waals surface area contributed by atoms with Crippen molar-refractivity contribution in [2.45, 2.75) is 46.8 Å². The fourth-order valence-electron chi connectivity index (χ4n) is 2.70. The number of carbonyl (C=O) groups is 2. The Kier molecular flexibility index (Phi) is 8.61. The van der Waals surface area contributed by atoms with Crippen molar-refractivity contribution in [1.82, 2.24) is 15.3 Å². The van der Waals surface area contributed by atoms with Crippen molar-refractivity contribution in [2.75, 3.05) is 18.5 Å². The lowest BCUT2D eigenvalue weighted by molar-refractivity contribution is -0.154. The molecule has 2 aromatic rings. The van der Waals surface area contributed by atoms with E-state index in [9.17, 15) is 22.8 Å². The van der Waals surface area contributed by atoms with Crippen LogP contribution in [-0.2, 0) is 4.79 Å². The molecule has 0 radical (unpaired) electrons. The molecule has 2 heterocycles. The van der Waals surface area contributed by atoms with Crippen molar-refractivity contribution in [1.29, 1.82) is 0 Å². The number of aryl methyl sites for hydroxylation is 1. The number of nitrogens with zero attached hydrogens (tertiary/aromatic N) is 2. The van der Waals surface area contributed by atoms with Crippen molar-refractivity contribution < 1.29 is 32.2 Å². The molecule has 0 aliphatic rings. The maximum Gasteiger partial charge on any atom is 0.422 e. The topological polar surface area (TPSA) is 102 Å². The summed E-state index contributed by atoms with van der Waals surface area (Å²) in [5.41, 5.74) is 1.34. The fraction of sp³-hybridized carbons (Fsp3) is 0.455. The highest BCUT2D eigenvalue weighted by molar-refractivity contribution is 5.97. The Morgan fingerprint density at radius 2 is 1.82 bits per heavy atom. The molecular formula is C22H27F3N4O4. The molecule has 1 unspecified atom stereocenters. The first-order valence-corrected chi connectivity index (χ1v) is 10.3. The number of nitrogens with one attached hydrogen (secondary N) is 2. The molecule has 2 rings (SSSR count). The second kappa shape index (κ2) is 11.0. The van der Waals surface area contributed by atoms with Gasteiger partial charge in [0.25, 0.3) is 11.8 Å². The van der Waals surface area contributed by atoms with Gasteiger partial charge in [0, 0.05) is 23.4 Å². The Morgan fingerprint density at radius 3 is 2.42 bits per heavy atom. The zero-order chi connectivity index (χ0) is 24.8. The van der Waals surface area contributed by atoms with Crippen molar-refractivity contribution in [3.63, 3.8) is 0 Å². The Hall–Kier alpha value is -3.37. The highest BCUT2D eigenvalue weighted by atomic mass is 19.4. The Labute approximate surface area is 189 Å². The first-order valence-electron chi connectivity index (χ1n) is 10.3. The molecule has 0 aliphatic carbocycles. The van der Waals surface area contributed by atoms with E-state index in [2.05, 4.69) is 20.6 Å². The molecule has 8 nitrogen and oxygen atoms in total. The number of hydrogen-bond acceptors (Lipinski definition) is 6. The summed E-state index contributed by atoms with van der Waals surface area (Å²) in [6.45, 7) is 7.24. The van der Waals surface area contributed by atoms with E-state index in [4.69, 9.17) is 9.47 Å². The number of alkyl halides is 3. The van der Waals surface area contributed by atoms with Gasteiger partial charge in [-0.2, -0.15) is 13.2 Å².